The molecule has 1 saturated heterocycles. The standard InChI is InChI=1S/C33H42ClF4N5O2/c1-19-14-26(41-43(19)31(3,4)5)40-25-15-22(29(37)38)28(36)24(39-25)17-33(30(44)45-32(6,7)8)12-13-42(20(2)16-33)18-21-10-9-11-23(34)27(21)35/h9-11,14-15,20,29H,12-13,16-18H2,1-8H3,(H,39,40,41)/t20-,33?/m1/s1. The molecule has 0 spiro atoms. The van der Waals surface area contributed by atoms with Crippen LogP contribution in [0.4, 0.5) is 29.2 Å². The lowest BCUT2D eigenvalue weighted by atomic mass is 9.71. The number of hydrogen-bond donors (Lipinski definition) is 1. The molecule has 0 saturated carbocycles. The minimum Gasteiger partial charge on any atom is -0.460 e. The third-order valence-corrected chi connectivity index (χ3v) is 8.29. The van der Waals surface area contributed by atoms with E-state index in [4.69, 9.17) is 16.3 Å². The van der Waals surface area contributed by atoms with E-state index in [0.29, 0.717) is 17.9 Å². The molecule has 2 atom stereocenters. The second kappa shape index (κ2) is 12.9. The number of aromatic nitrogens is 3. The first-order chi connectivity index (χ1) is 20.8. The first-order valence-electron chi connectivity index (χ1n) is 15.0. The van der Waals surface area contributed by atoms with Crippen molar-refractivity contribution < 1.29 is 27.1 Å². The monoisotopic (exact) mass is 651 g/mol. The second-order valence-electron chi connectivity index (χ2n) is 14.0. The lowest BCUT2D eigenvalue weighted by Crippen LogP contribution is -2.51. The Labute approximate surface area is 267 Å². The van der Waals surface area contributed by atoms with Gasteiger partial charge in [-0.3, -0.25) is 14.4 Å². The Morgan fingerprint density at radius 3 is 2.40 bits per heavy atom. The minimum atomic E-state index is -3.12. The number of anilines is 2. The quantitative estimate of drug-likeness (QED) is 0.195. The average molecular weight is 652 g/mol. The fourth-order valence-corrected chi connectivity index (χ4v) is 6.11. The van der Waals surface area contributed by atoms with E-state index in [1.165, 1.54) is 6.07 Å². The van der Waals surface area contributed by atoms with Crippen molar-refractivity contribution in [2.24, 2.45) is 5.41 Å². The zero-order chi connectivity index (χ0) is 33.5. The number of hydrogen-bond acceptors (Lipinski definition) is 6. The van der Waals surface area contributed by atoms with Gasteiger partial charge < -0.3 is 10.1 Å². The summed E-state index contributed by atoms with van der Waals surface area (Å²) >= 11 is 5.99. The zero-order valence-corrected chi connectivity index (χ0v) is 27.8. The number of rotatable bonds is 8. The summed E-state index contributed by atoms with van der Waals surface area (Å²) in [5, 5.41) is 7.51. The number of carbonyl (C=O) groups excluding carboxylic acids is 1. The van der Waals surface area contributed by atoms with E-state index < -0.39 is 40.6 Å². The van der Waals surface area contributed by atoms with Crippen molar-refractivity contribution in [3.05, 3.63) is 69.5 Å². The van der Waals surface area contributed by atoms with Gasteiger partial charge >= 0.3 is 5.97 Å². The van der Waals surface area contributed by atoms with Gasteiger partial charge in [-0.25, -0.2) is 22.5 Å². The molecular weight excluding hydrogens is 610 g/mol. The van der Waals surface area contributed by atoms with E-state index in [9.17, 15) is 18.0 Å². The van der Waals surface area contributed by atoms with Gasteiger partial charge in [-0.15, -0.1) is 0 Å². The third kappa shape index (κ3) is 7.98. The maximum Gasteiger partial charge on any atom is 0.313 e. The summed E-state index contributed by atoms with van der Waals surface area (Å²) in [6, 6.07) is 7.25. The van der Waals surface area contributed by atoms with Crippen molar-refractivity contribution in [2.75, 3.05) is 11.9 Å². The zero-order valence-electron chi connectivity index (χ0n) is 27.1. The van der Waals surface area contributed by atoms with Crippen LogP contribution in [0.15, 0.2) is 30.3 Å². The van der Waals surface area contributed by atoms with Crippen molar-refractivity contribution in [1.29, 1.82) is 0 Å². The molecule has 45 heavy (non-hydrogen) atoms. The number of likely N-dealkylation sites (tertiary alicyclic amines) is 1. The fraction of sp³-hybridized carbons (Fsp3) is 0.545. The molecule has 1 aromatic carbocycles. The minimum absolute atomic E-state index is 0.0125. The van der Waals surface area contributed by atoms with Gasteiger partial charge in [-0.05, 0) is 86.9 Å². The molecule has 1 aliphatic rings. The first kappa shape index (κ1) is 34.7. The van der Waals surface area contributed by atoms with Gasteiger partial charge in [0.15, 0.2) is 11.6 Å². The third-order valence-electron chi connectivity index (χ3n) is 8.00. The topological polar surface area (TPSA) is 72.3 Å². The molecule has 0 bridgehead atoms. The second-order valence-corrected chi connectivity index (χ2v) is 14.4. The van der Waals surface area contributed by atoms with Crippen LogP contribution in [0.2, 0.25) is 5.02 Å². The summed E-state index contributed by atoms with van der Waals surface area (Å²) in [6.45, 7) is 15.5. The molecule has 7 nitrogen and oxygen atoms in total. The largest absolute Gasteiger partial charge is 0.460 e. The highest BCUT2D eigenvalue weighted by Gasteiger charge is 2.47. The SMILES string of the molecule is Cc1cc(Nc2cc(C(F)F)c(F)c(CC3(C(=O)OC(C)(C)C)CCN(Cc4cccc(Cl)c4F)[C@H](C)C3)n2)nn1C(C)(C)C. The van der Waals surface area contributed by atoms with Crippen LogP contribution in [-0.4, -0.2) is 43.8 Å². The molecular formula is C33H42ClF4N5O2. The van der Waals surface area contributed by atoms with Crippen LogP contribution in [0.1, 0.15) is 90.2 Å². The molecule has 1 N–H and O–H groups in total. The highest BCUT2D eigenvalue weighted by atomic mass is 35.5. The van der Waals surface area contributed by atoms with Gasteiger partial charge in [0, 0.05) is 36.3 Å². The Bertz CT molecular complexity index is 1550. The summed E-state index contributed by atoms with van der Waals surface area (Å²) in [7, 11) is 0. The number of benzene rings is 1. The summed E-state index contributed by atoms with van der Waals surface area (Å²) < 4.78 is 66.3. The molecule has 0 radical (unpaired) electrons. The predicted octanol–water partition coefficient (Wildman–Crippen LogP) is 8.51. The number of aryl methyl sites for hydroxylation is 1. The molecule has 1 unspecified atom stereocenters. The van der Waals surface area contributed by atoms with Crippen molar-refractivity contribution in [3.63, 3.8) is 0 Å². The van der Waals surface area contributed by atoms with Crippen LogP contribution >= 0.6 is 11.6 Å². The van der Waals surface area contributed by atoms with Crippen molar-refractivity contribution in [3.8, 4) is 0 Å². The molecule has 4 rings (SSSR count). The Balaban J connectivity index is 1.70. The van der Waals surface area contributed by atoms with Gasteiger partial charge in [0.1, 0.15) is 17.2 Å². The number of halogens is 5. The van der Waals surface area contributed by atoms with Crippen LogP contribution in [0.5, 0.6) is 0 Å². The molecule has 2 aromatic heterocycles. The van der Waals surface area contributed by atoms with Gasteiger partial charge in [-0.1, -0.05) is 23.7 Å². The number of esters is 1. The van der Waals surface area contributed by atoms with Gasteiger partial charge in [-0.2, -0.15) is 5.10 Å². The molecule has 0 amide bonds. The van der Waals surface area contributed by atoms with Crippen LogP contribution in [0.25, 0.3) is 0 Å². The van der Waals surface area contributed by atoms with E-state index in [1.54, 1.807) is 43.7 Å². The number of nitrogens with one attached hydrogen (secondary N) is 1. The van der Waals surface area contributed by atoms with Gasteiger partial charge in [0.05, 0.1) is 27.2 Å². The van der Waals surface area contributed by atoms with Crippen LogP contribution in [0, 0.1) is 24.0 Å². The number of pyridine rings is 1. The number of ether oxygens (including phenoxy) is 1. The molecule has 3 aromatic rings. The highest BCUT2D eigenvalue weighted by Crippen LogP contribution is 2.42. The Morgan fingerprint density at radius 1 is 1.13 bits per heavy atom. The number of nitrogens with zero attached hydrogens (tertiary/aromatic N) is 4. The summed E-state index contributed by atoms with van der Waals surface area (Å²) in [4.78, 5) is 20.3. The van der Waals surface area contributed by atoms with E-state index in [2.05, 4.69) is 15.4 Å². The normalized spacial score (nSPS) is 19.6. The molecule has 3 heterocycles. The maximum atomic E-state index is 15.7. The lowest BCUT2D eigenvalue weighted by molar-refractivity contribution is -0.172. The van der Waals surface area contributed by atoms with Crippen molar-refractivity contribution >= 4 is 29.2 Å². The Hall–Kier alpha value is -3.18. The average Bonchev–Trinajstić information content (AvgIpc) is 3.29. The van der Waals surface area contributed by atoms with Crippen LogP contribution < -0.4 is 5.32 Å². The smallest absolute Gasteiger partial charge is 0.313 e. The lowest BCUT2D eigenvalue weighted by Gasteiger charge is -2.45. The van der Waals surface area contributed by atoms with E-state index in [1.807, 2.05) is 39.5 Å². The van der Waals surface area contributed by atoms with Crippen molar-refractivity contribution in [1.82, 2.24) is 19.7 Å². The molecule has 1 fully saturated rings. The summed E-state index contributed by atoms with van der Waals surface area (Å²) in [6.07, 6.45) is -2.96. The molecule has 1 aliphatic heterocycles. The van der Waals surface area contributed by atoms with E-state index in [0.717, 1.165) is 11.8 Å². The fourth-order valence-electron chi connectivity index (χ4n) is 5.91. The molecule has 12 heteroatoms. The number of piperidine rings is 1. The maximum absolute atomic E-state index is 15.7. The number of alkyl halides is 2. The van der Waals surface area contributed by atoms with Crippen LogP contribution in [-0.2, 0) is 28.0 Å². The Morgan fingerprint density at radius 2 is 1.82 bits per heavy atom. The highest BCUT2D eigenvalue weighted by molar-refractivity contribution is 6.30. The molecule has 0 aliphatic carbocycles. The van der Waals surface area contributed by atoms with Gasteiger partial charge in [0.25, 0.3) is 6.43 Å². The molecule has 246 valence electrons. The van der Waals surface area contributed by atoms with E-state index >= 15 is 4.39 Å². The van der Waals surface area contributed by atoms with Gasteiger partial charge in [0.2, 0.25) is 0 Å². The predicted molar refractivity (Wildman–Crippen MR) is 167 cm³/mol. The summed E-state index contributed by atoms with van der Waals surface area (Å²) in [5.41, 5.74) is -2.29. The van der Waals surface area contributed by atoms with Crippen molar-refractivity contribution in [2.45, 2.75) is 105 Å². The Kier molecular flexibility index (Phi) is 9.95. The first-order valence-corrected chi connectivity index (χ1v) is 15.4. The van der Waals surface area contributed by atoms with Crippen LogP contribution in [0.3, 0.4) is 0 Å². The summed E-state index contributed by atoms with van der Waals surface area (Å²) in [5.74, 6) is -1.88. The number of carbonyl (C=O) groups is 1. The van der Waals surface area contributed by atoms with E-state index in [-0.39, 0.29) is 53.9 Å².